The second-order valence-corrected chi connectivity index (χ2v) is 10.2. The van der Waals surface area contributed by atoms with Crippen molar-refractivity contribution in [2.75, 3.05) is 89.8 Å². The van der Waals surface area contributed by atoms with Crippen LogP contribution in [0.25, 0.3) is 0 Å². The van der Waals surface area contributed by atoms with E-state index in [4.69, 9.17) is 29.4 Å². The van der Waals surface area contributed by atoms with Crippen molar-refractivity contribution in [2.24, 2.45) is 5.73 Å². The van der Waals surface area contributed by atoms with Crippen LogP contribution in [-0.4, -0.2) is 90.0 Å². The number of hydrogen-bond donors (Lipinski definition) is 3. The molecule has 11 heteroatoms. The van der Waals surface area contributed by atoms with Gasteiger partial charge in [0.05, 0.1) is 71.8 Å². The van der Waals surface area contributed by atoms with E-state index in [1.54, 1.807) is 11.3 Å². The van der Waals surface area contributed by atoms with Gasteiger partial charge in [-0.3, -0.25) is 10.1 Å². The zero-order valence-corrected chi connectivity index (χ0v) is 23.4. The SMILES string of the molecule is Cc1cc(NCCOCCOCCOCCOCCOCCN)ccc1C(=O)Nc1nc(C2CC2)c(C)s1. The Labute approximate surface area is 229 Å². The normalized spacial score (nSPS) is 13.1. The van der Waals surface area contributed by atoms with Crippen molar-refractivity contribution in [2.45, 2.75) is 32.6 Å². The lowest BCUT2D eigenvalue weighted by molar-refractivity contribution is -0.00985. The quantitative estimate of drug-likeness (QED) is 0.201. The third-order valence-corrected chi connectivity index (χ3v) is 6.72. The molecular formula is C27H42N4O6S. The molecule has 0 atom stereocenters. The highest BCUT2D eigenvalue weighted by molar-refractivity contribution is 7.15. The standard InChI is InChI=1S/C27H42N4O6S/c1-20-19-23(5-6-24(20)26(32)31-27-30-25(21(2)38-27)22-3-4-22)29-8-10-34-12-14-36-16-18-37-17-15-35-13-11-33-9-7-28/h5-6,19,22,29H,3-4,7-18,28H2,1-2H3,(H,30,31,32). The number of nitrogens with two attached hydrogens (primary N) is 1. The fourth-order valence-corrected chi connectivity index (χ4v) is 4.62. The van der Waals surface area contributed by atoms with Crippen molar-refractivity contribution in [3.8, 4) is 0 Å². The molecule has 1 saturated carbocycles. The zero-order chi connectivity index (χ0) is 27.0. The maximum absolute atomic E-state index is 12.8. The van der Waals surface area contributed by atoms with Crippen LogP contribution >= 0.6 is 11.3 Å². The van der Waals surface area contributed by atoms with E-state index in [1.807, 2.05) is 25.1 Å². The van der Waals surface area contributed by atoms with E-state index < -0.39 is 0 Å². The van der Waals surface area contributed by atoms with Gasteiger partial charge in [-0.2, -0.15) is 0 Å². The maximum atomic E-state index is 12.8. The highest BCUT2D eigenvalue weighted by Gasteiger charge is 2.28. The minimum Gasteiger partial charge on any atom is -0.383 e. The first-order valence-electron chi connectivity index (χ1n) is 13.3. The molecule has 0 spiro atoms. The number of carbonyl (C=O) groups is 1. The Morgan fingerprint density at radius 1 is 0.921 bits per heavy atom. The van der Waals surface area contributed by atoms with Crippen LogP contribution in [0.5, 0.6) is 0 Å². The Bertz CT molecular complexity index is 969. The summed E-state index contributed by atoms with van der Waals surface area (Å²) in [5.41, 5.74) is 8.98. The molecule has 1 aromatic carbocycles. The maximum Gasteiger partial charge on any atom is 0.257 e. The molecule has 0 aliphatic heterocycles. The lowest BCUT2D eigenvalue weighted by Crippen LogP contribution is -2.16. The number of hydrogen-bond acceptors (Lipinski definition) is 10. The van der Waals surface area contributed by atoms with E-state index in [1.165, 1.54) is 17.7 Å². The molecule has 4 N–H and O–H groups in total. The van der Waals surface area contributed by atoms with Gasteiger partial charge in [-0.15, -0.1) is 11.3 Å². The van der Waals surface area contributed by atoms with Crippen molar-refractivity contribution in [3.05, 3.63) is 39.9 Å². The van der Waals surface area contributed by atoms with E-state index in [9.17, 15) is 4.79 Å². The fourth-order valence-electron chi connectivity index (χ4n) is 3.72. The molecule has 10 nitrogen and oxygen atoms in total. The predicted octanol–water partition coefficient (Wildman–Crippen LogP) is 3.34. The topological polar surface area (TPSA) is 126 Å². The Morgan fingerprint density at radius 2 is 1.50 bits per heavy atom. The van der Waals surface area contributed by atoms with Crippen LogP contribution in [0, 0.1) is 13.8 Å². The molecule has 38 heavy (non-hydrogen) atoms. The van der Waals surface area contributed by atoms with Crippen LogP contribution in [0.15, 0.2) is 18.2 Å². The summed E-state index contributed by atoms with van der Waals surface area (Å²) in [6, 6.07) is 5.73. The second kappa shape index (κ2) is 17.5. The molecule has 212 valence electrons. The first kappa shape index (κ1) is 30.4. The van der Waals surface area contributed by atoms with Crippen LogP contribution in [0.3, 0.4) is 0 Å². The van der Waals surface area contributed by atoms with Gasteiger partial charge in [-0.25, -0.2) is 4.98 Å². The fraction of sp³-hybridized carbons (Fsp3) is 0.630. The number of rotatable bonds is 21. The molecule has 1 amide bonds. The number of benzene rings is 1. The van der Waals surface area contributed by atoms with Crippen molar-refractivity contribution < 1.29 is 28.5 Å². The smallest absolute Gasteiger partial charge is 0.257 e. The molecule has 1 aromatic heterocycles. The lowest BCUT2D eigenvalue weighted by atomic mass is 10.1. The van der Waals surface area contributed by atoms with Crippen molar-refractivity contribution in [1.29, 1.82) is 0 Å². The van der Waals surface area contributed by atoms with E-state index in [0.717, 1.165) is 16.9 Å². The number of aryl methyl sites for hydroxylation is 2. The van der Waals surface area contributed by atoms with Crippen LogP contribution in [0.4, 0.5) is 10.8 Å². The van der Waals surface area contributed by atoms with Gasteiger partial charge < -0.3 is 34.7 Å². The molecular weight excluding hydrogens is 508 g/mol. The average molecular weight is 551 g/mol. The number of thiazole rings is 1. The van der Waals surface area contributed by atoms with E-state index >= 15 is 0 Å². The number of ether oxygens (including phenoxy) is 5. The van der Waals surface area contributed by atoms with Crippen LogP contribution in [-0.2, 0) is 23.7 Å². The summed E-state index contributed by atoms with van der Waals surface area (Å²) in [6.07, 6.45) is 2.40. The number of nitrogens with one attached hydrogen (secondary N) is 2. The minimum atomic E-state index is -0.128. The van der Waals surface area contributed by atoms with Gasteiger partial charge in [0.25, 0.3) is 5.91 Å². The molecule has 0 saturated heterocycles. The van der Waals surface area contributed by atoms with Crippen molar-refractivity contribution in [3.63, 3.8) is 0 Å². The summed E-state index contributed by atoms with van der Waals surface area (Å²) in [7, 11) is 0. The summed E-state index contributed by atoms with van der Waals surface area (Å²) in [5.74, 6) is 0.450. The lowest BCUT2D eigenvalue weighted by Gasteiger charge is -2.11. The highest BCUT2D eigenvalue weighted by atomic mass is 32.1. The van der Waals surface area contributed by atoms with Crippen LogP contribution < -0.4 is 16.4 Å². The van der Waals surface area contributed by atoms with Gasteiger partial charge >= 0.3 is 0 Å². The predicted molar refractivity (Wildman–Crippen MR) is 150 cm³/mol. The molecule has 2 aromatic rings. The van der Waals surface area contributed by atoms with E-state index in [0.29, 0.717) is 95.8 Å². The van der Waals surface area contributed by atoms with Crippen LogP contribution in [0.2, 0.25) is 0 Å². The average Bonchev–Trinajstić information content (AvgIpc) is 3.68. The molecule has 1 aliphatic carbocycles. The number of nitrogens with zero attached hydrogens (tertiary/aromatic N) is 1. The Morgan fingerprint density at radius 3 is 2.05 bits per heavy atom. The van der Waals surface area contributed by atoms with Crippen molar-refractivity contribution in [1.82, 2.24) is 4.98 Å². The van der Waals surface area contributed by atoms with Gasteiger partial charge in [0.1, 0.15) is 0 Å². The molecule has 3 rings (SSSR count). The summed E-state index contributed by atoms with van der Waals surface area (Å²) in [6.45, 7) is 10.5. The highest BCUT2D eigenvalue weighted by Crippen LogP contribution is 2.43. The molecule has 0 radical (unpaired) electrons. The number of carbonyl (C=O) groups excluding carboxylic acids is 1. The van der Waals surface area contributed by atoms with Gasteiger partial charge in [0, 0.05) is 35.1 Å². The zero-order valence-electron chi connectivity index (χ0n) is 22.6. The Balaban J connectivity index is 1.18. The number of amides is 1. The van der Waals surface area contributed by atoms with E-state index in [-0.39, 0.29) is 5.91 Å². The first-order valence-corrected chi connectivity index (χ1v) is 14.1. The molecule has 1 aliphatic rings. The Hall–Kier alpha value is -2.12. The van der Waals surface area contributed by atoms with Crippen LogP contribution in [0.1, 0.15) is 45.3 Å². The summed E-state index contributed by atoms with van der Waals surface area (Å²) in [5, 5.41) is 6.97. The third-order valence-electron chi connectivity index (χ3n) is 5.81. The Kier molecular flexibility index (Phi) is 14.0. The van der Waals surface area contributed by atoms with Gasteiger partial charge in [0.2, 0.25) is 0 Å². The molecule has 1 heterocycles. The largest absolute Gasteiger partial charge is 0.383 e. The van der Waals surface area contributed by atoms with Gasteiger partial charge in [-0.05, 0) is 50.5 Å². The first-order chi connectivity index (χ1) is 18.6. The van der Waals surface area contributed by atoms with Crippen molar-refractivity contribution >= 4 is 28.1 Å². The molecule has 1 fully saturated rings. The van der Waals surface area contributed by atoms with E-state index in [2.05, 4.69) is 22.5 Å². The monoisotopic (exact) mass is 550 g/mol. The molecule has 0 bridgehead atoms. The third kappa shape index (κ3) is 11.3. The second-order valence-electron chi connectivity index (χ2n) is 9.00. The number of aromatic nitrogens is 1. The summed E-state index contributed by atoms with van der Waals surface area (Å²) < 4.78 is 27.1. The van der Waals surface area contributed by atoms with Gasteiger partial charge in [-0.1, -0.05) is 0 Å². The summed E-state index contributed by atoms with van der Waals surface area (Å²) in [4.78, 5) is 18.6. The number of anilines is 2. The summed E-state index contributed by atoms with van der Waals surface area (Å²) >= 11 is 1.55. The molecule has 0 unspecified atom stereocenters. The van der Waals surface area contributed by atoms with Gasteiger partial charge in [0.15, 0.2) is 5.13 Å². The minimum absolute atomic E-state index is 0.128.